The molecule has 8 nitrogen and oxygen atoms in total. The molecule has 1 N–H and O–H groups in total. The van der Waals surface area contributed by atoms with Gasteiger partial charge in [-0.05, 0) is 44.7 Å². The average molecular weight is 389 g/mol. The monoisotopic (exact) mass is 389 g/mol. The average Bonchev–Trinajstić information content (AvgIpc) is 3.18. The lowest BCUT2D eigenvalue weighted by atomic mass is 9.93. The normalized spacial score (nSPS) is 19.6. The van der Waals surface area contributed by atoms with Crippen molar-refractivity contribution in [3.05, 3.63) is 43.1 Å². The maximum Gasteiger partial charge on any atom is 0.241 e. The molecular weight excluding hydrogens is 366 g/mol. The summed E-state index contributed by atoms with van der Waals surface area (Å²) in [6, 6.07) is 4.41. The molecule has 0 bridgehead atoms. The lowest BCUT2D eigenvalue weighted by Crippen LogP contribution is -2.30. The molecule has 4 aromatic rings. The second-order valence-electron chi connectivity index (χ2n) is 7.34. The van der Waals surface area contributed by atoms with Gasteiger partial charge in [-0.3, -0.25) is 4.98 Å². The van der Waals surface area contributed by atoms with Crippen LogP contribution in [0.25, 0.3) is 27.8 Å². The van der Waals surface area contributed by atoms with Crippen LogP contribution in [0.2, 0.25) is 0 Å². The fourth-order valence-electron chi connectivity index (χ4n) is 4.01. The highest BCUT2D eigenvalue weighted by Crippen LogP contribution is 2.27. The van der Waals surface area contributed by atoms with E-state index in [1.807, 2.05) is 35.2 Å². The number of aromatic nitrogens is 6. The van der Waals surface area contributed by atoms with Gasteiger partial charge in [-0.25, -0.2) is 19.5 Å². The van der Waals surface area contributed by atoms with E-state index in [0.717, 1.165) is 54.5 Å². The second-order valence-corrected chi connectivity index (χ2v) is 7.34. The number of fused-ring (bicyclic) bond motifs is 2. The number of nitrogens with zero attached hydrogens (tertiary/aromatic N) is 6. The fourth-order valence-corrected chi connectivity index (χ4v) is 4.01. The molecule has 1 fully saturated rings. The lowest BCUT2D eigenvalue weighted by molar-refractivity contribution is 0.0346. The number of rotatable bonds is 5. The predicted molar refractivity (Wildman–Crippen MR) is 111 cm³/mol. The van der Waals surface area contributed by atoms with Gasteiger partial charge in [0.05, 0.1) is 17.8 Å². The highest BCUT2D eigenvalue weighted by molar-refractivity contribution is 5.84. The summed E-state index contributed by atoms with van der Waals surface area (Å²) in [6.07, 6.45) is 13.7. The van der Waals surface area contributed by atoms with Crippen molar-refractivity contribution in [2.45, 2.75) is 44.8 Å². The smallest absolute Gasteiger partial charge is 0.241 e. The number of hydrogen-bond acceptors (Lipinski definition) is 7. The largest absolute Gasteiger partial charge is 0.379 e. The van der Waals surface area contributed by atoms with Crippen LogP contribution in [-0.2, 0) is 4.74 Å². The molecule has 0 saturated heterocycles. The van der Waals surface area contributed by atoms with Crippen LogP contribution in [0.4, 0.5) is 5.95 Å². The van der Waals surface area contributed by atoms with Crippen LogP contribution >= 0.6 is 0 Å². The summed E-state index contributed by atoms with van der Waals surface area (Å²) < 4.78 is 7.59. The molecule has 0 atom stereocenters. The summed E-state index contributed by atoms with van der Waals surface area (Å²) in [6.45, 7) is 2.85. The molecule has 1 saturated carbocycles. The summed E-state index contributed by atoms with van der Waals surface area (Å²) >= 11 is 0. The maximum atomic E-state index is 5.73. The molecule has 0 aliphatic heterocycles. The Morgan fingerprint density at radius 3 is 2.79 bits per heavy atom. The van der Waals surface area contributed by atoms with E-state index < -0.39 is 0 Å². The van der Waals surface area contributed by atoms with Crippen molar-refractivity contribution >= 4 is 22.6 Å². The number of nitrogens with one attached hydrogen (secondary N) is 1. The highest BCUT2D eigenvalue weighted by atomic mass is 16.5. The molecular formula is C21H23N7O. The first-order valence-corrected chi connectivity index (χ1v) is 10.1. The van der Waals surface area contributed by atoms with E-state index in [2.05, 4.69) is 37.3 Å². The van der Waals surface area contributed by atoms with E-state index in [9.17, 15) is 0 Å². The SMILES string of the molecule is CCO[C@H]1CC[C@H](Nc2ncc3c(-c4cnc5nccnc5c4)ccn3n2)CC1. The van der Waals surface area contributed by atoms with E-state index in [1.54, 1.807) is 12.4 Å². The molecule has 0 unspecified atom stereocenters. The number of hydrogen-bond donors (Lipinski definition) is 1. The Labute approximate surface area is 168 Å². The Bertz CT molecular complexity index is 1130. The van der Waals surface area contributed by atoms with Gasteiger partial charge in [0.2, 0.25) is 5.95 Å². The number of anilines is 1. The van der Waals surface area contributed by atoms with E-state index in [1.165, 1.54) is 0 Å². The predicted octanol–water partition coefficient (Wildman–Crippen LogP) is 3.49. The Morgan fingerprint density at radius 2 is 1.93 bits per heavy atom. The van der Waals surface area contributed by atoms with Crippen molar-refractivity contribution in [2.24, 2.45) is 0 Å². The molecule has 148 valence electrons. The summed E-state index contributed by atoms with van der Waals surface area (Å²) in [4.78, 5) is 17.5. The molecule has 4 aromatic heterocycles. The minimum absolute atomic E-state index is 0.391. The lowest BCUT2D eigenvalue weighted by Gasteiger charge is -2.28. The molecule has 5 rings (SSSR count). The third-order valence-corrected chi connectivity index (χ3v) is 5.46. The van der Waals surface area contributed by atoms with Crippen molar-refractivity contribution < 1.29 is 4.74 Å². The first kappa shape index (κ1) is 17.9. The van der Waals surface area contributed by atoms with E-state index in [4.69, 9.17) is 4.74 Å². The van der Waals surface area contributed by atoms with Crippen molar-refractivity contribution in [3.63, 3.8) is 0 Å². The van der Waals surface area contributed by atoms with Crippen LogP contribution < -0.4 is 5.32 Å². The minimum atomic E-state index is 0.391. The number of ether oxygens (including phenoxy) is 1. The molecule has 0 aromatic carbocycles. The van der Waals surface area contributed by atoms with Gasteiger partial charge in [0, 0.05) is 48.6 Å². The zero-order chi connectivity index (χ0) is 19.6. The van der Waals surface area contributed by atoms with Gasteiger partial charge in [0.25, 0.3) is 0 Å². The fraction of sp³-hybridized carbons (Fsp3) is 0.381. The minimum Gasteiger partial charge on any atom is -0.379 e. The van der Waals surface area contributed by atoms with Crippen molar-refractivity contribution in [1.29, 1.82) is 0 Å². The third-order valence-electron chi connectivity index (χ3n) is 5.46. The Kier molecular flexibility index (Phi) is 4.77. The van der Waals surface area contributed by atoms with Gasteiger partial charge in [0.15, 0.2) is 5.65 Å². The van der Waals surface area contributed by atoms with Gasteiger partial charge in [-0.2, -0.15) is 0 Å². The first-order chi connectivity index (χ1) is 14.3. The van der Waals surface area contributed by atoms with Gasteiger partial charge in [0.1, 0.15) is 5.52 Å². The van der Waals surface area contributed by atoms with Gasteiger partial charge in [-0.1, -0.05) is 0 Å². The van der Waals surface area contributed by atoms with Crippen molar-refractivity contribution in [2.75, 3.05) is 11.9 Å². The topological polar surface area (TPSA) is 90.1 Å². The van der Waals surface area contributed by atoms with Crippen molar-refractivity contribution in [1.82, 2.24) is 29.5 Å². The van der Waals surface area contributed by atoms with Crippen LogP contribution in [0.1, 0.15) is 32.6 Å². The molecule has 0 amide bonds. The maximum absolute atomic E-state index is 5.73. The van der Waals surface area contributed by atoms with Crippen LogP contribution in [-0.4, -0.2) is 48.3 Å². The standard InChI is InChI=1S/C21H23N7O/c1-2-29-16-5-3-15(4-6-16)26-21-25-13-19-17(7-10-28(19)27-21)14-11-18-20(24-12-14)23-9-8-22-18/h7-13,15-16H,2-6H2,1H3,(H,26,27)/t15-,16-. The van der Waals surface area contributed by atoms with Gasteiger partial charge in [-0.15, -0.1) is 5.10 Å². The molecule has 1 aliphatic carbocycles. The molecule has 0 spiro atoms. The molecule has 0 radical (unpaired) electrons. The Balaban J connectivity index is 1.36. The Hall–Kier alpha value is -3.13. The van der Waals surface area contributed by atoms with Crippen LogP contribution in [0.5, 0.6) is 0 Å². The summed E-state index contributed by atoms with van der Waals surface area (Å²) in [5, 5.41) is 8.13. The van der Waals surface area contributed by atoms with Gasteiger partial charge < -0.3 is 10.1 Å². The zero-order valence-corrected chi connectivity index (χ0v) is 16.3. The summed E-state index contributed by atoms with van der Waals surface area (Å²) in [5.74, 6) is 0.655. The van der Waals surface area contributed by atoms with E-state index in [0.29, 0.717) is 23.7 Å². The van der Waals surface area contributed by atoms with Crippen LogP contribution in [0, 0.1) is 0 Å². The first-order valence-electron chi connectivity index (χ1n) is 10.1. The molecule has 1 aliphatic rings. The molecule has 29 heavy (non-hydrogen) atoms. The quantitative estimate of drug-likeness (QED) is 0.559. The van der Waals surface area contributed by atoms with Crippen LogP contribution in [0.3, 0.4) is 0 Å². The summed E-state index contributed by atoms with van der Waals surface area (Å²) in [5.41, 5.74) is 4.33. The summed E-state index contributed by atoms with van der Waals surface area (Å²) in [7, 11) is 0. The van der Waals surface area contributed by atoms with E-state index >= 15 is 0 Å². The Morgan fingerprint density at radius 1 is 1.07 bits per heavy atom. The van der Waals surface area contributed by atoms with E-state index in [-0.39, 0.29) is 0 Å². The van der Waals surface area contributed by atoms with Crippen molar-refractivity contribution in [3.8, 4) is 11.1 Å². The number of pyridine rings is 1. The highest BCUT2D eigenvalue weighted by Gasteiger charge is 2.22. The molecule has 4 heterocycles. The second kappa shape index (κ2) is 7.71. The zero-order valence-electron chi connectivity index (χ0n) is 16.3. The van der Waals surface area contributed by atoms with Crippen LogP contribution in [0.15, 0.2) is 43.1 Å². The van der Waals surface area contributed by atoms with Gasteiger partial charge >= 0.3 is 0 Å². The molecule has 8 heteroatoms. The third kappa shape index (κ3) is 3.63.